The minimum atomic E-state index is -0.361. The summed E-state index contributed by atoms with van der Waals surface area (Å²) >= 11 is 0. The van der Waals surface area contributed by atoms with E-state index in [1.807, 2.05) is 11.0 Å². The van der Waals surface area contributed by atoms with Gasteiger partial charge in [0.15, 0.2) is 0 Å². The summed E-state index contributed by atoms with van der Waals surface area (Å²) in [6.45, 7) is 0.764. The highest BCUT2D eigenvalue weighted by molar-refractivity contribution is 5.32. The van der Waals surface area contributed by atoms with E-state index in [0.717, 1.165) is 12.8 Å². The number of rotatable bonds is 4. The molecule has 0 heterocycles. The first-order valence-corrected chi connectivity index (χ1v) is 6.54. The van der Waals surface area contributed by atoms with Crippen LogP contribution in [-0.4, -0.2) is 17.5 Å². The fourth-order valence-corrected chi connectivity index (χ4v) is 2.64. The Kier molecular flexibility index (Phi) is 4.49. The standard InChI is InChI=1S/C15H16FN3/c16-15-9-12(10-18)5-6-13(15)11-19(8-7-17)14-3-1-2-4-14/h5-6,9,14H,1-4,8,11H2. The number of hydrogen-bond acceptors (Lipinski definition) is 3. The molecule has 2 rings (SSSR count). The molecule has 1 fully saturated rings. The van der Waals surface area contributed by atoms with Crippen LogP contribution in [-0.2, 0) is 6.54 Å². The third-order valence-corrected chi connectivity index (χ3v) is 3.67. The predicted octanol–water partition coefficient (Wildman–Crippen LogP) is 2.97. The fraction of sp³-hybridized carbons (Fsp3) is 0.467. The van der Waals surface area contributed by atoms with E-state index in [0.29, 0.717) is 30.3 Å². The molecule has 0 bridgehead atoms. The van der Waals surface area contributed by atoms with E-state index in [1.165, 1.54) is 18.9 Å². The van der Waals surface area contributed by atoms with Gasteiger partial charge in [0, 0.05) is 18.2 Å². The van der Waals surface area contributed by atoms with Crippen molar-refractivity contribution in [3.63, 3.8) is 0 Å². The first-order chi connectivity index (χ1) is 9.24. The Hall–Kier alpha value is -1.91. The highest BCUT2D eigenvalue weighted by atomic mass is 19.1. The minimum Gasteiger partial charge on any atom is -0.283 e. The maximum Gasteiger partial charge on any atom is 0.129 e. The van der Waals surface area contributed by atoms with Crippen LogP contribution in [0.4, 0.5) is 4.39 Å². The van der Waals surface area contributed by atoms with Crippen molar-refractivity contribution in [1.82, 2.24) is 4.90 Å². The van der Waals surface area contributed by atoms with Crippen LogP contribution in [0.1, 0.15) is 36.8 Å². The van der Waals surface area contributed by atoms with E-state index < -0.39 is 0 Å². The van der Waals surface area contributed by atoms with Crippen LogP contribution in [0.15, 0.2) is 18.2 Å². The lowest BCUT2D eigenvalue weighted by Crippen LogP contribution is -2.33. The van der Waals surface area contributed by atoms with Crippen LogP contribution in [0.5, 0.6) is 0 Å². The van der Waals surface area contributed by atoms with Crippen LogP contribution in [0.25, 0.3) is 0 Å². The Bertz CT molecular complexity index is 521. The molecule has 0 radical (unpaired) electrons. The lowest BCUT2D eigenvalue weighted by Gasteiger charge is -2.26. The molecule has 1 aromatic carbocycles. The zero-order chi connectivity index (χ0) is 13.7. The lowest BCUT2D eigenvalue weighted by molar-refractivity contribution is 0.211. The zero-order valence-corrected chi connectivity index (χ0v) is 10.8. The molecule has 0 spiro atoms. The van der Waals surface area contributed by atoms with E-state index in [1.54, 1.807) is 12.1 Å². The van der Waals surface area contributed by atoms with E-state index >= 15 is 0 Å². The first kappa shape index (κ1) is 13.5. The Labute approximate surface area is 112 Å². The molecule has 1 aliphatic rings. The Morgan fingerprint density at radius 2 is 2.00 bits per heavy atom. The van der Waals surface area contributed by atoms with Gasteiger partial charge in [0.05, 0.1) is 24.2 Å². The number of benzene rings is 1. The van der Waals surface area contributed by atoms with Crippen molar-refractivity contribution >= 4 is 0 Å². The maximum atomic E-state index is 13.9. The van der Waals surface area contributed by atoms with Crippen molar-refractivity contribution in [2.45, 2.75) is 38.3 Å². The normalized spacial score (nSPS) is 15.4. The van der Waals surface area contributed by atoms with E-state index in [-0.39, 0.29) is 5.82 Å². The largest absolute Gasteiger partial charge is 0.283 e. The molecule has 0 atom stereocenters. The molecule has 3 nitrogen and oxygen atoms in total. The van der Waals surface area contributed by atoms with Crippen LogP contribution in [0.3, 0.4) is 0 Å². The molecule has 1 saturated carbocycles. The summed E-state index contributed by atoms with van der Waals surface area (Å²) < 4.78 is 13.9. The van der Waals surface area contributed by atoms with Crippen molar-refractivity contribution < 1.29 is 4.39 Å². The van der Waals surface area contributed by atoms with Gasteiger partial charge in [-0.15, -0.1) is 0 Å². The molecule has 0 N–H and O–H groups in total. The van der Waals surface area contributed by atoms with Gasteiger partial charge < -0.3 is 0 Å². The number of nitrogens with zero attached hydrogens (tertiary/aromatic N) is 3. The molecule has 0 amide bonds. The topological polar surface area (TPSA) is 50.8 Å². The van der Waals surface area contributed by atoms with Gasteiger partial charge in [-0.3, -0.25) is 4.90 Å². The molecule has 4 heteroatoms. The summed E-state index contributed by atoms with van der Waals surface area (Å²) in [5, 5.41) is 17.6. The molecule has 1 aliphatic carbocycles. The number of nitriles is 2. The molecular formula is C15H16FN3. The van der Waals surface area contributed by atoms with Crippen molar-refractivity contribution in [3.8, 4) is 12.1 Å². The average Bonchev–Trinajstić information content (AvgIpc) is 2.94. The van der Waals surface area contributed by atoms with E-state index in [9.17, 15) is 4.39 Å². The van der Waals surface area contributed by atoms with Gasteiger partial charge in [-0.2, -0.15) is 10.5 Å². The van der Waals surface area contributed by atoms with Crippen molar-refractivity contribution in [2.24, 2.45) is 0 Å². The second kappa shape index (κ2) is 6.31. The lowest BCUT2D eigenvalue weighted by atomic mass is 10.1. The monoisotopic (exact) mass is 257 g/mol. The summed E-state index contributed by atoms with van der Waals surface area (Å²) in [5.74, 6) is -0.361. The Morgan fingerprint density at radius 3 is 2.58 bits per heavy atom. The highest BCUT2D eigenvalue weighted by Crippen LogP contribution is 2.25. The average molecular weight is 257 g/mol. The summed E-state index contributed by atoms with van der Waals surface area (Å²) in [5.41, 5.74) is 0.884. The quantitative estimate of drug-likeness (QED) is 0.779. The zero-order valence-electron chi connectivity index (χ0n) is 10.8. The smallest absolute Gasteiger partial charge is 0.129 e. The Morgan fingerprint density at radius 1 is 1.26 bits per heavy atom. The van der Waals surface area contributed by atoms with E-state index in [2.05, 4.69) is 6.07 Å². The third kappa shape index (κ3) is 3.30. The second-order valence-corrected chi connectivity index (χ2v) is 4.92. The van der Waals surface area contributed by atoms with Gasteiger partial charge in [0.25, 0.3) is 0 Å². The Balaban J connectivity index is 2.13. The van der Waals surface area contributed by atoms with E-state index in [4.69, 9.17) is 10.5 Å². The highest BCUT2D eigenvalue weighted by Gasteiger charge is 2.23. The van der Waals surface area contributed by atoms with Gasteiger partial charge in [-0.1, -0.05) is 18.9 Å². The first-order valence-electron chi connectivity index (χ1n) is 6.54. The second-order valence-electron chi connectivity index (χ2n) is 4.92. The molecule has 19 heavy (non-hydrogen) atoms. The third-order valence-electron chi connectivity index (χ3n) is 3.67. The number of halogens is 1. The molecule has 1 aromatic rings. The predicted molar refractivity (Wildman–Crippen MR) is 69.4 cm³/mol. The van der Waals surface area contributed by atoms with Gasteiger partial charge in [0.2, 0.25) is 0 Å². The summed E-state index contributed by atoms with van der Waals surface area (Å²) in [6.07, 6.45) is 4.53. The van der Waals surface area contributed by atoms with Crippen molar-refractivity contribution in [3.05, 3.63) is 35.1 Å². The molecule has 0 aromatic heterocycles. The summed E-state index contributed by atoms with van der Waals surface area (Å²) in [6, 6.07) is 8.99. The SMILES string of the molecule is N#CCN(Cc1ccc(C#N)cc1F)C1CCCC1. The molecular weight excluding hydrogens is 241 g/mol. The molecule has 98 valence electrons. The fourth-order valence-electron chi connectivity index (χ4n) is 2.64. The van der Waals surface area contributed by atoms with Gasteiger partial charge in [0.1, 0.15) is 5.82 Å². The van der Waals surface area contributed by atoms with Crippen LogP contribution < -0.4 is 0 Å². The van der Waals surface area contributed by atoms with Crippen molar-refractivity contribution in [1.29, 1.82) is 10.5 Å². The van der Waals surface area contributed by atoms with Crippen LogP contribution in [0.2, 0.25) is 0 Å². The maximum absolute atomic E-state index is 13.9. The van der Waals surface area contributed by atoms with Crippen LogP contribution >= 0.6 is 0 Å². The molecule has 0 unspecified atom stereocenters. The van der Waals surface area contributed by atoms with Crippen LogP contribution in [0, 0.1) is 28.5 Å². The summed E-state index contributed by atoms with van der Waals surface area (Å²) in [4.78, 5) is 2.04. The minimum absolute atomic E-state index is 0.324. The summed E-state index contributed by atoms with van der Waals surface area (Å²) in [7, 11) is 0. The van der Waals surface area contributed by atoms with Gasteiger partial charge >= 0.3 is 0 Å². The van der Waals surface area contributed by atoms with Gasteiger partial charge in [-0.25, -0.2) is 4.39 Å². The molecule has 0 aliphatic heterocycles. The number of hydrogen-bond donors (Lipinski definition) is 0. The van der Waals surface area contributed by atoms with Gasteiger partial charge in [-0.05, 0) is 25.0 Å². The van der Waals surface area contributed by atoms with Crippen molar-refractivity contribution in [2.75, 3.05) is 6.54 Å². The molecule has 0 saturated heterocycles.